The van der Waals surface area contributed by atoms with E-state index in [4.69, 9.17) is 5.11 Å². The Morgan fingerprint density at radius 1 is 0.427 bits per heavy atom. The van der Waals surface area contributed by atoms with Gasteiger partial charge >= 0.3 is 24.5 Å². The number of rotatable bonds is 15. The molecule has 0 saturated heterocycles. The predicted molar refractivity (Wildman–Crippen MR) is 392 cm³/mol. The van der Waals surface area contributed by atoms with Gasteiger partial charge in [-0.15, -0.1) is 58.0 Å². The van der Waals surface area contributed by atoms with E-state index in [-0.39, 0.29) is 66.9 Å². The molecule has 0 aliphatic heterocycles. The highest BCUT2D eigenvalue weighted by atomic mass is 127. The van der Waals surface area contributed by atoms with Crippen molar-refractivity contribution in [2.75, 3.05) is 13.3 Å². The lowest BCUT2D eigenvalue weighted by molar-refractivity contribution is -0.140. The lowest BCUT2D eigenvalue weighted by Gasteiger charge is -2.24. The van der Waals surface area contributed by atoms with Crippen molar-refractivity contribution in [1.82, 2.24) is 0 Å². The molecule has 0 aliphatic carbocycles. The summed E-state index contributed by atoms with van der Waals surface area (Å²) >= 11 is 3.85. The fourth-order valence-corrected chi connectivity index (χ4v) is 18.7. The molecule has 0 atom stereocenters. The number of carbonyl (C=O) groups is 1. The van der Waals surface area contributed by atoms with E-state index in [0.717, 1.165) is 109 Å². The van der Waals surface area contributed by atoms with Gasteiger partial charge in [-0.2, -0.15) is 39.5 Å². The molecule has 2 N–H and O–H groups in total. The number of anilines is 3. The van der Waals surface area contributed by atoms with Crippen molar-refractivity contribution < 1.29 is 87.8 Å². The first-order chi connectivity index (χ1) is 47.8. The van der Waals surface area contributed by atoms with Crippen molar-refractivity contribution in [3.63, 3.8) is 0 Å². The van der Waals surface area contributed by atoms with Gasteiger partial charge in [0, 0.05) is 14.1 Å². The second-order valence-corrected chi connectivity index (χ2v) is 31.5. The minimum absolute atomic E-state index is 0. The van der Waals surface area contributed by atoms with Gasteiger partial charge in [-0.1, -0.05) is 115 Å². The minimum Gasteiger partial charge on any atom is -0.478 e. The smallest absolute Gasteiger partial charge is 0.419 e. The van der Waals surface area contributed by atoms with E-state index in [1.54, 1.807) is 81.4 Å². The van der Waals surface area contributed by atoms with Crippen LogP contribution in [0.5, 0.6) is 0 Å². The molecule has 30 heteroatoms. The second kappa shape index (κ2) is 32.2. The van der Waals surface area contributed by atoms with E-state index in [1.165, 1.54) is 46.9 Å². The number of aryl methyl sites for hydroxylation is 6. The van der Waals surface area contributed by atoms with Crippen LogP contribution in [0, 0.1) is 52.1 Å². The summed E-state index contributed by atoms with van der Waals surface area (Å²) in [5, 5.41) is 13.2. The molecule has 12 rings (SSSR count). The molecule has 0 aliphatic rings. The highest BCUT2D eigenvalue weighted by Gasteiger charge is 2.38. The van der Waals surface area contributed by atoms with E-state index in [1.807, 2.05) is 69.3 Å². The highest BCUT2D eigenvalue weighted by molar-refractivity contribution is 14.0. The topological polar surface area (TPSA) is 158 Å². The standard InChI is InChI=1S/C24H17F4NO4S2.C24H19F4NO2S2.C16H15NO2S2.C9H8F4.HI/c1-14-18-4-2-3-5-21(18)34-22(14)29(13-15-6-11-20(25)19(12-15)24(26,27)28)35(32,33)17-9-7-16(8-10-17)23(30)31;1-15-7-10-18(11-8-15)33(30,31)29(23-16(2)19-5-3-4-6-22(19)32-23)14-17-9-12-21(25)20(13-17)24(26,27)28;1-11-7-9-13(10-8-11)21(18,19)17-16-12(2)14-5-3-4-6-15(14)20-16;1-2-6-3-4-8(10)7(5-6)9(11,12)13;/h2-12H,13H2,1H3,(H,30,31);3-13H,14H2,1-2H3;3-10,17H,1-2H3;3-5H,2H2,1H3;1H/i2*25-1;;10-1;. The van der Waals surface area contributed by atoms with Crippen LogP contribution in [0.25, 0.3) is 30.3 Å². The summed E-state index contributed by atoms with van der Waals surface area (Å²) in [6.07, 6.45) is -14.0. The van der Waals surface area contributed by atoms with Crippen molar-refractivity contribution >= 4 is 139 Å². The van der Waals surface area contributed by atoms with Crippen molar-refractivity contribution in [3.05, 3.63) is 284 Å². The van der Waals surface area contributed by atoms with Gasteiger partial charge in [0.25, 0.3) is 30.1 Å². The summed E-state index contributed by atoms with van der Waals surface area (Å²) in [4.78, 5) is 11.2. The Morgan fingerprint density at radius 3 is 1.09 bits per heavy atom. The number of carboxylic acids is 1. The van der Waals surface area contributed by atoms with E-state index < -0.39 is 95.3 Å². The van der Waals surface area contributed by atoms with Crippen LogP contribution in [-0.4, -0.2) is 36.3 Å². The Hall–Kier alpha value is -8.53. The molecular formula is C73H60F12IN3O8S6. The number of nitrogens with zero attached hydrogens (tertiary/aromatic N) is 2. The molecule has 0 spiro atoms. The largest absolute Gasteiger partial charge is 0.478 e. The van der Waals surface area contributed by atoms with Gasteiger partial charge in [0.15, 0.2) is 0 Å². The number of sulfonamides is 3. The normalized spacial score (nSPS) is 11.9. The quantitative estimate of drug-likeness (QED) is 0.0758. The van der Waals surface area contributed by atoms with Gasteiger partial charge in [-0.25, -0.2) is 43.2 Å². The van der Waals surface area contributed by atoms with E-state index in [0.29, 0.717) is 57.4 Å². The van der Waals surface area contributed by atoms with E-state index in [2.05, 4.69) is 4.72 Å². The Labute approximate surface area is 614 Å². The zero-order valence-electron chi connectivity index (χ0n) is 54.8. The summed E-state index contributed by atoms with van der Waals surface area (Å²) in [6, 6.07) is 48.0. The summed E-state index contributed by atoms with van der Waals surface area (Å²) in [6.45, 7) is 10.0. The molecule has 3 heterocycles. The maximum absolute atomic E-state index is 13.8. The maximum atomic E-state index is 13.8. The van der Waals surface area contributed by atoms with Crippen molar-refractivity contribution in [2.45, 2.75) is 94.3 Å². The SMILES string of the molecule is CCc1ccc([18F])c(C(F)(F)F)c1.Cc1c(N(Cc2ccc([18F])c(C(F)(F)F)c2)S(=O)(=O)c2ccc(C(=O)O)cc2)sc2ccccc12.Cc1ccc(S(=O)(=O)N(Cc2ccc([18F])c(C(F)(F)F)c2)c2sc3ccccc3c2C)cc1.Cc1ccc(S(=O)(=O)Nc2sc3ccccc3c2C)cc1.I. The fourth-order valence-electron chi connectivity index (χ4n) is 10.4. The third-order valence-electron chi connectivity index (χ3n) is 15.9. The molecule has 0 radical (unpaired) electrons. The molecule has 0 amide bonds. The summed E-state index contributed by atoms with van der Waals surface area (Å²) in [5.41, 5.74) is 0.371. The molecule has 0 fully saturated rings. The number of thiophene rings is 3. The first-order valence-electron chi connectivity index (χ1n) is 30.4. The molecular weight excluding hydrogens is 1590 g/mol. The van der Waals surface area contributed by atoms with Crippen LogP contribution in [0.1, 0.15) is 78.5 Å². The zero-order valence-corrected chi connectivity index (χ0v) is 62.0. The Morgan fingerprint density at radius 2 is 0.748 bits per heavy atom. The number of benzene rings is 9. The maximum Gasteiger partial charge on any atom is 0.419 e. The number of hydrogen-bond acceptors (Lipinski definition) is 10. The van der Waals surface area contributed by atoms with Crippen molar-refractivity contribution in [3.8, 4) is 0 Å². The summed E-state index contributed by atoms with van der Waals surface area (Å²) in [7, 11) is -12.0. The molecule has 0 bridgehead atoms. The van der Waals surface area contributed by atoms with Crippen molar-refractivity contribution in [1.29, 1.82) is 0 Å². The van der Waals surface area contributed by atoms with Crippen LogP contribution in [0.2, 0.25) is 0 Å². The molecule has 11 nitrogen and oxygen atoms in total. The zero-order chi connectivity index (χ0) is 74.6. The molecule has 0 saturated carbocycles. The van der Waals surface area contributed by atoms with Crippen molar-refractivity contribution in [2.24, 2.45) is 0 Å². The first-order valence-corrected chi connectivity index (χ1v) is 37.2. The Kier molecular flexibility index (Phi) is 25.1. The minimum atomic E-state index is -4.95. The summed E-state index contributed by atoms with van der Waals surface area (Å²) in [5.74, 6) is -5.32. The first kappa shape index (κ1) is 80.2. The Bertz CT molecular complexity index is 5420. The lowest BCUT2D eigenvalue weighted by Crippen LogP contribution is -2.30. The Balaban J connectivity index is 0.000000183. The van der Waals surface area contributed by atoms with Crippen LogP contribution in [0.15, 0.2) is 215 Å². The molecule has 3 aromatic heterocycles. The monoisotopic (exact) mass is 1650 g/mol. The molecule has 12 aromatic rings. The third-order valence-corrected chi connectivity index (χ3v) is 24.9. The van der Waals surface area contributed by atoms with Gasteiger partial charge in [0.1, 0.15) is 32.5 Å². The third kappa shape index (κ3) is 18.7. The molecule has 9 aromatic carbocycles. The number of nitrogens with one attached hydrogen (secondary N) is 1. The van der Waals surface area contributed by atoms with Crippen LogP contribution >= 0.6 is 58.0 Å². The van der Waals surface area contributed by atoms with Crippen LogP contribution < -0.4 is 13.3 Å². The predicted octanol–water partition coefficient (Wildman–Crippen LogP) is 21.9. The molecule has 542 valence electrons. The number of aromatic carboxylic acids is 1. The lowest BCUT2D eigenvalue weighted by atomic mass is 10.1. The van der Waals surface area contributed by atoms with Gasteiger partial charge in [-0.3, -0.25) is 13.3 Å². The summed E-state index contributed by atoms with van der Waals surface area (Å²) < 4.78 is 243. The number of carboxylic acid groups (broad SMARTS) is 1. The average molecular weight is 1650 g/mol. The van der Waals surface area contributed by atoms with Gasteiger partial charge in [0.2, 0.25) is 0 Å². The number of alkyl halides is 9. The van der Waals surface area contributed by atoms with Gasteiger partial charge in [0.05, 0.1) is 50.0 Å². The second-order valence-electron chi connectivity index (χ2n) is 23.0. The van der Waals surface area contributed by atoms with E-state index in [9.17, 15) is 82.7 Å². The number of hydrogen-bond donors (Lipinski definition) is 2. The van der Waals surface area contributed by atoms with Crippen LogP contribution in [0.3, 0.4) is 0 Å². The van der Waals surface area contributed by atoms with E-state index >= 15 is 0 Å². The molecule has 0 unspecified atom stereocenters. The number of fused-ring (bicyclic) bond motifs is 3. The molecule has 103 heavy (non-hydrogen) atoms. The number of halogens is 13. The fraction of sp³-hybridized carbons (Fsp3) is 0.164. The highest BCUT2D eigenvalue weighted by Crippen LogP contribution is 2.44. The van der Waals surface area contributed by atoms with Crippen LogP contribution in [0.4, 0.5) is 67.7 Å². The van der Waals surface area contributed by atoms with Gasteiger partial charge < -0.3 is 5.11 Å². The van der Waals surface area contributed by atoms with Crippen LogP contribution in [-0.2, 0) is 68.1 Å². The van der Waals surface area contributed by atoms with Gasteiger partial charge in [-0.05, 0) is 194 Å². The average Bonchev–Trinajstić information content (AvgIpc) is 1.70.